The number of allylic oxidation sites excluding steroid dienone is 1. The smallest absolute Gasteiger partial charge is 0.276 e. The van der Waals surface area contributed by atoms with Crippen molar-refractivity contribution < 1.29 is 4.79 Å². The number of hydrogen-bond donors (Lipinski definition) is 2. The molecule has 1 saturated heterocycles. The van der Waals surface area contributed by atoms with E-state index in [1.807, 2.05) is 32.0 Å². The summed E-state index contributed by atoms with van der Waals surface area (Å²) in [5.74, 6) is -0.670. The molecule has 2 N–H and O–H groups in total. The number of likely N-dealkylation sites (tertiary alicyclic amines) is 1. The number of hydrogen-bond acceptors (Lipinski definition) is 3. The van der Waals surface area contributed by atoms with Crippen LogP contribution in [-0.2, 0) is 11.3 Å². The van der Waals surface area contributed by atoms with E-state index in [-0.39, 0.29) is 0 Å². The summed E-state index contributed by atoms with van der Waals surface area (Å²) < 4.78 is -1.99. The SMILES string of the molecule is C/C=C(/NC1CCN(Cc2ccccc2)CC1)c1ccc(NC(=O)C(Cl)(Cl)Cl)cc1C. The number of piperidine rings is 1. The molecular formula is C24H28Cl3N3O. The molecule has 3 rings (SSSR count). The van der Waals surface area contributed by atoms with E-state index in [0.717, 1.165) is 49.3 Å². The highest BCUT2D eigenvalue weighted by Gasteiger charge is 2.30. The number of carbonyl (C=O) groups excluding carboxylic acids is 1. The number of anilines is 1. The van der Waals surface area contributed by atoms with E-state index in [9.17, 15) is 4.79 Å². The number of nitrogens with zero attached hydrogens (tertiary/aromatic N) is 1. The Morgan fingerprint density at radius 3 is 2.39 bits per heavy atom. The maximum Gasteiger partial charge on any atom is 0.276 e. The molecule has 1 aliphatic rings. The van der Waals surface area contributed by atoms with E-state index in [1.165, 1.54) is 5.56 Å². The molecule has 2 aromatic carbocycles. The zero-order valence-electron chi connectivity index (χ0n) is 17.8. The first-order chi connectivity index (χ1) is 14.8. The summed E-state index contributed by atoms with van der Waals surface area (Å²) in [6, 6.07) is 16.7. The number of aryl methyl sites for hydroxylation is 1. The van der Waals surface area contributed by atoms with Crippen molar-refractivity contribution in [1.29, 1.82) is 0 Å². The third-order valence-corrected chi connectivity index (χ3v) is 6.03. The maximum absolute atomic E-state index is 11.9. The van der Waals surface area contributed by atoms with Crippen molar-refractivity contribution in [1.82, 2.24) is 10.2 Å². The summed E-state index contributed by atoms with van der Waals surface area (Å²) in [5, 5.41) is 6.35. The van der Waals surface area contributed by atoms with Gasteiger partial charge in [-0.05, 0) is 49.9 Å². The minimum absolute atomic E-state index is 0.432. The van der Waals surface area contributed by atoms with Crippen LogP contribution in [0.2, 0.25) is 0 Å². The topological polar surface area (TPSA) is 44.4 Å². The molecule has 0 atom stereocenters. The Hall–Kier alpha value is -1.72. The van der Waals surface area contributed by atoms with Crippen LogP contribution in [0.5, 0.6) is 0 Å². The molecule has 1 aliphatic heterocycles. The molecule has 0 radical (unpaired) electrons. The molecule has 4 nitrogen and oxygen atoms in total. The van der Waals surface area contributed by atoms with Gasteiger partial charge in [0.1, 0.15) is 0 Å². The van der Waals surface area contributed by atoms with Crippen LogP contribution in [0.25, 0.3) is 5.70 Å². The van der Waals surface area contributed by atoms with Crippen molar-refractivity contribution in [2.24, 2.45) is 0 Å². The lowest BCUT2D eigenvalue weighted by Crippen LogP contribution is -2.41. The van der Waals surface area contributed by atoms with Gasteiger partial charge in [0.2, 0.25) is 0 Å². The van der Waals surface area contributed by atoms with E-state index in [0.29, 0.717) is 11.7 Å². The third kappa shape index (κ3) is 6.88. The van der Waals surface area contributed by atoms with Crippen molar-refractivity contribution in [3.05, 3.63) is 71.3 Å². The van der Waals surface area contributed by atoms with E-state index < -0.39 is 9.70 Å². The number of rotatable bonds is 6. The molecule has 0 saturated carbocycles. The molecule has 1 amide bonds. The van der Waals surface area contributed by atoms with Crippen molar-refractivity contribution >= 4 is 52.1 Å². The van der Waals surface area contributed by atoms with Crippen LogP contribution in [0.15, 0.2) is 54.6 Å². The van der Waals surface area contributed by atoms with Crippen LogP contribution in [0.3, 0.4) is 0 Å². The molecule has 0 aromatic heterocycles. The monoisotopic (exact) mass is 479 g/mol. The third-order valence-electron chi connectivity index (χ3n) is 5.52. The molecule has 7 heteroatoms. The molecule has 0 aliphatic carbocycles. The van der Waals surface area contributed by atoms with Crippen molar-refractivity contribution in [2.75, 3.05) is 18.4 Å². The van der Waals surface area contributed by atoms with Gasteiger partial charge in [0.25, 0.3) is 9.70 Å². The standard InChI is InChI=1S/C24H28Cl3N3O/c1-3-22(21-10-9-20(15-17(21)2)29-23(31)24(25,26)27)28-19-11-13-30(14-12-19)16-18-7-5-4-6-8-18/h3-10,15,19,28H,11-14,16H2,1-2H3,(H,29,31)/b22-3+. The molecule has 2 aromatic rings. The highest BCUT2D eigenvalue weighted by molar-refractivity contribution is 6.76. The fourth-order valence-electron chi connectivity index (χ4n) is 3.86. The van der Waals surface area contributed by atoms with Crippen LogP contribution in [0.1, 0.15) is 36.5 Å². The summed E-state index contributed by atoms with van der Waals surface area (Å²) in [6.07, 6.45) is 4.29. The number of carbonyl (C=O) groups is 1. The molecule has 0 unspecified atom stereocenters. The highest BCUT2D eigenvalue weighted by atomic mass is 35.6. The molecular weight excluding hydrogens is 453 g/mol. The fourth-order valence-corrected chi connectivity index (χ4v) is 4.00. The van der Waals surface area contributed by atoms with Gasteiger partial charge in [0.15, 0.2) is 0 Å². The second-order valence-electron chi connectivity index (χ2n) is 7.86. The Bertz CT molecular complexity index is 917. The van der Waals surface area contributed by atoms with Gasteiger partial charge in [-0.25, -0.2) is 0 Å². The number of alkyl halides is 3. The summed E-state index contributed by atoms with van der Waals surface area (Å²) in [5.41, 5.74) is 5.19. The largest absolute Gasteiger partial charge is 0.382 e. The summed E-state index contributed by atoms with van der Waals surface area (Å²) in [4.78, 5) is 14.4. The quantitative estimate of drug-likeness (QED) is 0.505. The number of benzene rings is 2. The van der Waals surface area contributed by atoms with Gasteiger partial charge in [-0.15, -0.1) is 0 Å². The minimum atomic E-state index is -1.99. The Balaban J connectivity index is 1.57. The first kappa shape index (κ1) is 23.9. The van der Waals surface area contributed by atoms with Crippen LogP contribution in [0.4, 0.5) is 5.69 Å². The first-order valence-electron chi connectivity index (χ1n) is 10.4. The van der Waals surface area contributed by atoms with Gasteiger partial charge in [-0.2, -0.15) is 0 Å². The van der Waals surface area contributed by atoms with Gasteiger partial charge < -0.3 is 10.6 Å². The van der Waals surface area contributed by atoms with E-state index in [1.54, 1.807) is 0 Å². The summed E-state index contributed by atoms with van der Waals surface area (Å²) in [7, 11) is 0. The molecule has 166 valence electrons. The second-order valence-corrected chi connectivity index (χ2v) is 10.1. The lowest BCUT2D eigenvalue weighted by molar-refractivity contribution is -0.115. The predicted molar refractivity (Wildman–Crippen MR) is 132 cm³/mol. The van der Waals surface area contributed by atoms with Crippen LogP contribution < -0.4 is 10.6 Å². The zero-order chi connectivity index (χ0) is 22.4. The van der Waals surface area contributed by atoms with Crippen LogP contribution >= 0.6 is 34.8 Å². The van der Waals surface area contributed by atoms with E-state index >= 15 is 0 Å². The highest BCUT2D eigenvalue weighted by Crippen LogP contribution is 2.29. The Morgan fingerprint density at radius 1 is 1.13 bits per heavy atom. The Kier molecular flexibility index (Phi) is 8.29. The van der Waals surface area contributed by atoms with E-state index in [4.69, 9.17) is 34.8 Å². The van der Waals surface area contributed by atoms with Crippen molar-refractivity contribution in [3.63, 3.8) is 0 Å². The second kappa shape index (κ2) is 10.7. The molecule has 1 heterocycles. The van der Waals surface area contributed by atoms with Gasteiger partial charge in [-0.1, -0.05) is 77.3 Å². The maximum atomic E-state index is 11.9. The molecule has 0 bridgehead atoms. The minimum Gasteiger partial charge on any atom is -0.382 e. The molecule has 0 spiro atoms. The number of nitrogens with one attached hydrogen (secondary N) is 2. The number of halogens is 3. The van der Waals surface area contributed by atoms with Gasteiger partial charge >= 0.3 is 0 Å². The van der Waals surface area contributed by atoms with Gasteiger partial charge in [0.05, 0.1) is 0 Å². The summed E-state index contributed by atoms with van der Waals surface area (Å²) in [6.45, 7) is 7.19. The first-order valence-corrected chi connectivity index (χ1v) is 11.6. The molecule has 1 fully saturated rings. The predicted octanol–water partition coefficient (Wildman–Crippen LogP) is 5.92. The van der Waals surface area contributed by atoms with Crippen LogP contribution in [0, 0.1) is 6.92 Å². The normalized spacial score (nSPS) is 16.2. The van der Waals surface area contributed by atoms with Crippen molar-refractivity contribution in [3.8, 4) is 0 Å². The lowest BCUT2D eigenvalue weighted by atomic mass is 10.00. The van der Waals surface area contributed by atoms with Crippen molar-refractivity contribution in [2.45, 2.75) is 43.1 Å². The number of amides is 1. The average molecular weight is 481 g/mol. The van der Waals surface area contributed by atoms with Crippen LogP contribution in [-0.4, -0.2) is 33.7 Å². The van der Waals surface area contributed by atoms with Gasteiger partial charge in [-0.3, -0.25) is 9.69 Å². The van der Waals surface area contributed by atoms with Gasteiger partial charge in [0, 0.05) is 42.6 Å². The fraction of sp³-hybridized carbons (Fsp3) is 0.375. The Labute approximate surface area is 199 Å². The van der Waals surface area contributed by atoms with E-state index in [2.05, 4.69) is 51.9 Å². The average Bonchev–Trinajstić information content (AvgIpc) is 2.74. The summed E-state index contributed by atoms with van der Waals surface area (Å²) >= 11 is 16.9. The zero-order valence-corrected chi connectivity index (χ0v) is 20.1. The molecule has 31 heavy (non-hydrogen) atoms. The lowest BCUT2D eigenvalue weighted by Gasteiger charge is -2.33. The Morgan fingerprint density at radius 2 is 1.81 bits per heavy atom.